The average Bonchev–Trinajstić information content (AvgIpc) is 2.13. The van der Waals surface area contributed by atoms with Crippen LogP contribution in [0.3, 0.4) is 0 Å². The first kappa shape index (κ1) is 12.3. The number of rotatable bonds is 2. The lowest BCUT2D eigenvalue weighted by molar-refractivity contribution is 1.06. The molecule has 0 aliphatic rings. The number of halogens is 2. The van der Waals surface area contributed by atoms with Gasteiger partial charge in [-0.3, -0.25) is 0 Å². The molecule has 0 saturated heterocycles. The Hall–Kier alpha value is -1.13. The monoisotopic (exact) mass is 311 g/mol. The van der Waals surface area contributed by atoms with Crippen molar-refractivity contribution in [2.75, 3.05) is 5.32 Å². The van der Waals surface area contributed by atoms with E-state index in [1.165, 1.54) is 5.56 Å². The average molecular weight is 313 g/mol. The number of hydrogen-bond acceptors (Lipinski definition) is 3. The summed E-state index contributed by atoms with van der Waals surface area (Å²) in [5.74, 6) is 1.34. The summed E-state index contributed by atoms with van der Waals surface area (Å²) in [6.45, 7) is 3.84. The molecule has 88 valence electrons. The summed E-state index contributed by atoms with van der Waals surface area (Å²) in [4.78, 5) is 8.28. The highest BCUT2D eigenvalue weighted by Gasteiger charge is 2.02. The van der Waals surface area contributed by atoms with Crippen LogP contribution in [0.15, 0.2) is 28.7 Å². The van der Waals surface area contributed by atoms with Crippen molar-refractivity contribution >= 4 is 39.0 Å². The quantitative estimate of drug-likeness (QED) is 0.842. The third-order valence-corrected chi connectivity index (χ3v) is 2.77. The first-order valence-corrected chi connectivity index (χ1v) is 6.25. The fourth-order valence-electron chi connectivity index (χ4n) is 1.55. The number of benzene rings is 1. The van der Waals surface area contributed by atoms with Gasteiger partial charge >= 0.3 is 0 Å². The Morgan fingerprint density at radius 1 is 1.12 bits per heavy atom. The van der Waals surface area contributed by atoms with Crippen LogP contribution in [0.4, 0.5) is 11.5 Å². The van der Waals surface area contributed by atoms with Crippen LogP contribution in [0.2, 0.25) is 5.15 Å². The van der Waals surface area contributed by atoms with Crippen LogP contribution >= 0.6 is 27.5 Å². The Bertz CT molecular complexity index is 467. The standard InChI is InChI=1S/C12H11BrClN3/c1-7-3-9(13)5-10(4-7)17-12-6-11(14)15-8(2)16-12/h3-6H,1-2H3,(H,15,16,17). The highest BCUT2D eigenvalue weighted by atomic mass is 79.9. The Labute approximate surface area is 113 Å². The Morgan fingerprint density at radius 3 is 2.53 bits per heavy atom. The van der Waals surface area contributed by atoms with Gasteiger partial charge in [0, 0.05) is 16.2 Å². The zero-order valence-corrected chi connectivity index (χ0v) is 11.8. The van der Waals surface area contributed by atoms with Gasteiger partial charge in [-0.15, -0.1) is 0 Å². The molecule has 0 bridgehead atoms. The molecule has 0 spiro atoms. The summed E-state index contributed by atoms with van der Waals surface area (Å²) in [5.41, 5.74) is 2.13. The SMILES string of the molecule is Cc1cc(Br)cc(Nc2cc(Cl)nc(C)n2)c1. The molecule has 0 radical (unpaired) electrons. The Morgan fingerprint density at radius 2 is 1.88 bits per heavy atom. The van der Waals surface area contributed by atoms with Crippen molar-refractivity contribution < 1.29 is 0 Å². The van der Waals surface area contributed by atoms with Gasteiger partial charge in [0.2, 0.25) is 0 Å². The highest BCUT2D eigenvalue weighted by molar-refractivity contribution is 9.10. The van der Waals surface area contributed by atoms with E-state index in [0.717, 1.165) is 10.2 Å². The number of nitrogens with one attached hydrogen (secondary N) is 1. The van der Waals surface area contributed by atoms with Crippen LogP contribution in [0, 0.1) is 13.8 Å². The zero-order chi connectivity index (χ0) is 12.4. The van der Waals surface area contributed by atoms with E-state index in [0.29, 0.717) is 16.8 Å². The van der Waals surface area contributed by atoms with Gasteiger partial charge in [0.05, 0.1) is 0 Å². The molecule has 2 aromatic rings. The molecule has 0 unspecified atom stereocenters. The summed E-state index contributed by atoms with van der Waals surface area (Å²) in [6.07, 6.45) is 0. The van der Waals surface area contributed by atoms with Gasteiger partial charge in [0.1, 0.15) is 16.8 Å². The minimum Gasteiger partial charge on any atom is -0.340 e. The second kappa shape index (κ2) is 5.02. The molecule has 0 amide bonds. The molecule has 0 aliphatic heterocycles. The summed E-state index contributed by atoms with van der Waals surface area (Å²) < 4.78 is 1.02. The predicted octanol–water partition coefficient (Wildman–Crippen LogP) is 4.25. The van der Waals surface area contributed by atoms with Crippen molar-refractivity contribution in [2.45, 2.75) is 13.8 Å². The van der Waals surface area contributed by atoms with Crippen LogP contribution in [0.5, 0.6) is 0 Å². The molecule has 1 N–H and O–H groups in total. The largest absolute Gasteiger partial charge is 0.340 e. The Balaban J connectivity index is 2.31. The third-order valence-electron chi connectivity index (χ3n) is 2.12. The van der Waals surface area contributed by atoms with E-state index < -0.39 is 0 Å². The fraction of sp³-hybridized carbons (Fsp3) is 0.167. The normalized spacial score (nSPS) is 10.4. The van der Waals surface area contributed by atoms with Crippen LogP contribution in [0.25, 0.3) is 0 Å². The lowest BCUT2D eigenvalue weighted by Crippen LogP contribution is -1.97. The van der Waals surface area contributed by atoms with E-state index in [2.05, 4.69) is 31.2 Å². The van der Waals surface area contributed by atoms with Crippen molar-refractivity contribution in [1.82, 2.24) is 9.97 Å². The van der Waals surface area contributed by atoms with E-state index in [-0.39, 0.29) is 0 Å². The summed E-state index contributed by atoms with van der Waals surface area (Å²) in [5, 5.41) is 3.64. The number of nitrogens with zero attached hydrogens (tertiary/aromatic N) is 2. The third kappa shape index (κ3) is 3.41. The number of hydrogen-bond donors (Lipinski definition) is 1. The maximum Gasteiger partial charge on any atom is 0.135 e. The number of anilines is 2. The van der Waals surface area contributed by atoms with Crippen LogP contribution < -0.4 is 5.32 Å². The predicted molar refractivity (Wildman–Crippen MR) is 73.9 cm³/mol. The van der Waals surface area contributed by atoms with Gasteiger partial charge in [-0.25, -0.2) is 9.97 Å². The molecular formula is C12H11BrClN3. The smallest absolute Gasteiger partial charge is 0.135 e. The van der Waals surface area contributed by atoms with Gasteiger partial charge < -0.3 is 5.32 Å². The highest BCUT2D eigenvalue weighted by Crippen LogP contribution is 2.22. The van der Waals surface area contributed by atoms with Crippen LogP contribution in [-0.2, 0) is 0 Å². The molecule has 0 atom stereocenters. The van der Waals surface area contributed by atoms with Crippen molar-refractivity contribution in [3.8, 4) is 0 Å². The maximum atomic E-state index is 5.88. The molecular weight excluding hydrogens is 302 g/mol. The molecule has 17 heavy (non-hydrogen) atoms. The minimum absolute atomic E-state index is 0.437. The number of aromatic nitrogens is 2. The van der Waals surface area contributed by atoms with Crippen molar-refractivity contribution in [3.05, 3.63) is 45.3 Å². The second-order valence-electron chi connectivity index (χ2n) is 3.77. The summed E-state index contributed by atoms with van der Waals surface area (Å²) in [6, 6.07) is 7.77. The first-order valence-electron chi connectivity index (χ1n) is 5.08. The van der Waals surface area contributed by atoms with E-state index in [4.69, 9.17) is 11.6 Å². The van der Waals surface area contributed by atoms with Gasteiger partial charge in [0.15, 0.2) is 0 Å². The molecule has 5 heteroatoms. The molecule has 3 nitrogen and oxygen atoms in total. The lowest BCUT2D eigenvalue weighted by Gasteiger charge is -2.08. The van der Waals surface area contributed by atoms with Crippen molar-refractivity contribution in [1.29, 1.82) is 0 Å². The van der Waals surface area contributed by atoms with Gasteiger partial charge in [0.25, 0.3) is 0 Å². The molecule has 1 heterocycles. The lowest BCUT2D eigenvalue weighted by atomic mass is 10.2. The van der Waals surface area contributed by atoms with Gasteiger partial charge in [-0.2, -0.15) is 0 Å². The molecule has 1 aromatic carbocycles. The zero-order valence-electron chi connectivity index (χ0n) is 9.46. The fourth-order valence-corrected chi connectivity index (χ4v) is 2.39. The first-order chi connectivity index (χ1) is 8.02. The molecule has 0 fully saturated rings. The van der Waals surface area contributed by atoms with E-state index >= 15 is 0 Å². The number of aryl methyl sites for hydroxylation is 2. The molecule has 2 rings (SSSR count). The second-order valence-corrected chi connectivity index (χ2v) is 5.07. The van der Waals surface area contributed by atoms with Crippen LogP contribution in [0.1, 0.15) is 11.4 Å². The Kier molecular flexibility index (Phi) is 3.64. The summed E-state index contributed by atoms with van der Waals surface area (Å²) in [7, 11) is 0. The molecule has 0 saturated carbocycles. The molecule has 0 aliphatic carbocycles. The minimum atomic E-state index is 0.437. The van der Waals surface area contributed by atoms with Gasteiger partial charge in [-0.05, 0) is 37.6 Å². The topological polar surface area (TPSA) is 37.8 Å². The maximum absolute atomic E-state index is 5.88. The van der Waals surface area contributed by atoms with Crippen molar-refractivity contribution in [3.63, 3.8) is 0 Å². The van der Waals surface area contributed by atoms with Crippen molar-refractivity contribution in [2.24, 2.45) is 0 Å². The van der Waals surface area contributed by atoms with Gasteiger partial charge in [-0.1, -0.05) is 27.5 Å². The molecule has 1 aromatic heterocycles. The van der Waals surface area contributed by atoms with Crippen LogP contribution in [-0.4, -0.2) is 9.97 Å². The van der Waals surface area contributed by atoms with E-state index in [1.54, 1.807) is 6.07 Å². The summed E-state index contributed by atoms with van der Waals surface area (Å²) >= 11 is 9.33. The van der Waals surface area contributed by atoms with E-state index in [9.17, 15) is 0 Å². The van der Waals surface area contributed by atoms with E-state index in [1.807, 2.05) is 32.0 Å².